The molecule has 17 nitrogen and oxygen atoms in total. The number of nitrogens with zero attached hydrogens (tertiary/aromatic N) is 1. The van der Waals surface area contributed by atoms with Gasteiger partial charge in [0.2, 0.25) is 23.6 Å². The third-order valence-corrected chi connectivity index (χ3v) is 10.5. The largest absolute Gasteiger partial charge is 0.480 e. The van der Waals surface area contributed by atoms with Crippen LogP contribution in [0.25, 0.3) is 10.9 Å². The molecule has 0 radical (unpaired) electrons. The smallest absolute Gasteiger partial charge is 0.418 e. The summed E-state index contributed by atoms with van der Waals surface area (Å²) < 4.78 is 12.2. The number of hydrogen-bond acceptors (Lipinski definition) is 11. The Bertz CT molecular complexity index is 2230. The number of rotatable bonds is 20. The summed E-state index contributed by atoms with van der Waals surface area (Å²) in [6, 6.07) is 18.1. The van der Waals surface area contributed by atoms with E-state index in [1.807, 2.05) is 32.0 Å². The number of fused-ring (bicyclic) bond motifs is 1. The van der Waals surface area contributed by atoms with E-state index in [2.05, 4.69) is 26.6 Å². The molecule has 7 N–H and O–H groups in total. The molecular formula is C46H56N6O11. The average Bonchev–Trinajstić information content (AvgIpc) is 3.86. The SMILES string of the molecule is CC(C)C[C@H](NC(=O)[C@H](NC(=O)[C@H]1NCCC1O)C(C)C)C(=O)N[C@H](Cc1cn(C(=O)OCc2ccccc2)c2ccccc12)C(=O)N[C@H](CC(=O)OCc1ccccc1)C(=O)O. The van der Waals surface area contributed by atoms with Gasteiger partial charge in [-0.3, -0.25) is 28.5 Å². The molecular weight excluding hydrogens is 813 g/mol. The summed E-state index contributed by atoms with van der Waals surface area (Å²) in [6.07, 6.45) is -0.708. The molecule has 0 spiro atoms. The minimum absolute atomic E-state index is 0.0172. The van der Waals surface area contributed by atoms with Gasteiger partial charge >= 0.3 is 18.0 Å². The highest BCUT2D eigenvalue weighted by Gasteiger charge is 2.37. The fraction of sp³-hybridized carbons (Fsp3) is 0.413. The van der Waals surface area contributed by atoms with Gasteiger partial charge in [0, 0.05) is 18.0 Å². The molecule has 63 heavy (non-hydrogen) atoms. The number of carbonyl (C=O) groups is 7. The second kappa shape index (κ2) is 22.5. The Morgan fingerprint density at radius 2 is 1.30 bits per heavy atom. The highest BCUT2D eigenvalue weighted by molar-refractivity contribution is 5.97. The molecule has 0 bridgehead atoms. The van der Waals surface area contributed by atoms with Gasteiger partial charge in [-0.15, -0.1) is 0 Å². The Hall–Kier alpha value is -6.59. The van der Waals surface area contributed by atoms with E-state index < -0.39 is 90.3 Å². The fourth-order valence-electron chi connectivity index (χ4n) is 7.19. The van der Waals surface area contributed by atoms with Crippen LogP contribution in [0.1, 0.15) is 63.6 Å². The van der Waals surface area contributed by atoms with Gasteiger partial charge in [0.25, 0.3) is 0 Å². The molecule has 1 aliphatic heterocycles. The zero-order valence-electron chi connectivity index (χ0n) is 35.7. The van der Waals surface area contributed by atoms with Crippen LogP contribution in [-0.2, 0) is 57.9 Å². The van der Waals surface area contributed by atoms with Crippen LogP contribution in [0, 0.1) is 11.8 Å². The molecule has 6 atom stereocenters. The van der Waals surface area contributed by atoms with Crippen LogP contribution >= 0.6 is 0 Å². The molecule has 1 aliphatic rings. The van der Waals surface area contributed by atoms with Crippen molar-refractivity contribution in [2.45, 2.75) is 103 Å². The maximum atomic E-state index is 14.3. The summed E-state index contributed by atoms with van der Waals surface area (Å²) in [5, 5.41) is 34.3. The maximum absolute atomic E-state index is 14.3. The molecule has 4 amide bonds. The zero-order chi connectivity index (χ0) is 45.6. The van der Waals surface area contributed by atoms with E-state index in [-0.39, 0.29) is 32.0 Å². The number of carboxylic acids is 1. The minimum atomic E-state index is -1.76. The number of carboxylic acid groups (broad SMARTS) is 1. The van der Waals surface area contributed by atoms with Crippen molar-refractivity contribution >= 4 is 52.6 Å². The second-order valence-electron chi connectivity index (χ2n) is 16.3. The average molecular weight is 869 g/mol. The van der Waals surface area contributed by atoms with Crippen molar-refractivity contribution < 1.29 is 53.2 Å². The van der Waals surface area contributed by atoms with E-state index in [0.717, 1.165) is 5.56 Å². The van der Waals surface area contributed by atoms with Crippen LogP contribution in [0.5, 0.6) is 0 Å². The fourth-order valence-corrected chi connectivity index (χ4v) is 7.19. The quantitative estimate of drug-likeness (QED) is 0.0635. The molecule has 336 valence electrons. The molecule has 0 saturated carbocycles. The van der Waals surface area contributed by atoms with E-state index in [9.17, 15) is 43.8 Å². The molecule has 0 aliphatic carbocycles. The molecule has 1 fully saturated rings. The first-order valence-electron chi connectivity index (χ1n) is 21.0. The summed E-state index contributed by atoms with van der Waals surface area (Å²) in [5.41, 5.74) is 2.27. The molecule has 1 saturated heterocycles. The number of aliphatic carboxylic acids is 1. The summed E-state index contributed by atoms with van der Waals surface area (Å²) in [7, 11) is 0. The van der Waals surface area contributed by atoms with E-state index in [1.54, 1.807) is 80.6 Å². The molecule has 5 rings (SSSR count). The first kappa shape index (κ1) is 47.5. The molecule has 1 unspecified atom stereocenters. The Balaban J connectivity index is 1.41. The normalized spacial score (nSPS) is 16.7. The van der Waals surface area contributed by atoms with Crippen molar-refractivity contribution in [1.82, 2.24) is 31.2 Å². The number of amides is 4. The third kappa shape index (κ3) is 13.4. The lowest BCUT2D eigenvalue weighted by Gasteiger charge is -2.28. The first-order valence-corrected chi connectivity index (χ1v) is 21.0. The van der Waals surface area contributed by atoms with E-state index >= 15 is 0 Å². The van der Waals surface area contributed by atoms with Gasteiger partial charge in [0.05, 0.1) is 18.0 Å². The third-order valence-electron chi connectivity index (χ3n) is 10.5. The van der Waals surface area contributed by atoms with Crippen molar-refractivity contribution in [3.05, 3.63) is 108 Å². The van der Waals surface area contributed by atoms with Crippen molar-refractivity contribution in [2.24, 2.45) is 11.8 Å². The summed E-state index contributed by atoms with van der Waals surface area (Å²) >= 11 is 0. The number of para-hydroxylation sites is 1. The molecule has 17 heteroatoms. The molecule has 4 aromatic rings. The Morgan fingerprint density at radius 3 is 1.89 bits per heavy atom. The monoisotopic (exact) mass is 868 g/mol. The Labute approximate surface area is 365 Å². The Morgan fingerprint density at radius 1 is 0.730 bits per heavy atom. The number of ether oxygens (including phenoxy) is 2. The van der Waals surface area contributed by atoms with Crippen LogP contribution in [0.4, 0.5) is 4.79 Å². The van der Waals surface area contributed by atoms with Gasteiger partial charge in [0.15, 0.2) is 0 Å². The second-order valence-corrected chi connectivity index (χ2v) is 16.3. The van der Waals surface area contributed by atoms with Crippen LogP contribution in [0.3, 0.4) is 0 Å². The number of carbonyl (C=O) groups excluding carboxylic acids is 6. The van der Waals surface area contributed by atoms with E-state index in [0.29, 0.717) is 35.0 Å². The molecule has 1 aromatic heterocycles. The van der Waals surface area contributed by atoms with E-state index in [1.165, 1.54) is 10.8 Å². The van der Waals surface area contributed by atoms with Gasteiger partial charge in [-0.2, -0.15) is 0 Å². The van der Waals surface area contributed by atoms with Gasteiger partial charge in [-0.25, -0.2) is 9.59 Å². The van der Waals surface area contributed by atoms with Crippen LogP contribution in [-0.4, -0.2) is 99.3 Å². The van der Waals surface area contributed by atoms with Crippen LogP contribution < -0.4 is 26.6 Å². The number of nitrogens with one attached hydrogen (secondary N) is 5. The summed E-state index contributed by atoms with van der Waals surface area (Å²) in [4.78, 5) is 94.2. The van der Waals surface area contributed by atoms with E-state index in [4.69, 9.17) is 9.47 Å². The highest BCUT2D eigenvalue weighted by Crippen LogP contribution is 2.24. The lowest BCUT2D eigenvalue weighted by Crippen LogP contribution is -2.60. The number of hydrogen-bond donors (Lipinski definition) is 7. The van der Waals surface area contributed by atoms with Gasteiger partial charge in [-0.1, -0.05) is 107 Å². The number of aliphatic hydroxyl groups is 1. The topological polar surface area (TPSA) is 243 Å². The van der Waals surface area contributed by atoms with Crippen LogP contribution in [0.15, 0.2) is 91.1 Å². The predicted octanol–water partition coefficient (Wildman–Crippen LogP) is 2.95. The predicted molar refractivity (Wildman–Crippen MR) is 231 cm³/mol. The van der Waals surface area contributed by atoms with Crippen molar-refractivity contribution in [1.29, 1.82) is 0 Å². The van der Waals surface area contributed by atoms with Crippen molar-refractivity contribution in [2.75, 3.05) is 6.54 Å². The zero-order valence-corrected chi connectivity index (χ0v) is 35.7. The lowest BCUT2D eigenvalue weighted by molar-refractivity contribution is -0.151. The number of aliphatic hydroxyl groups excluding tert-OH is 1. The lowest BCUT2D eigenvalue weighted by atomic mass is 9.98. The number of esters is 1. The summed E-state index contributed by atoms with van der Waals surface area (Å²) in [6.45, 7) is 7.36. The maximum Gasteiger partial charge on any atom is 0.418 e. The number of benzene rings is 3. The summed E-state index contributed by atoms with van der Waals surface area (Å²) in [5.74, 6) is -6.03. The van der Waals surface area contributed by atoms with Gasteiger partial charge < -0.3 is 46.3 Å². The van der Waals surface area contributed by atoms with Crippen molar-refractivity contribution in [3.8, 4) is 0 Å². The standard InChI is InChI=1S/C46H56N6O11/c1-27(2)21-33(49-43(57)39(28(3)4)51-44(58)40-37(53)19-20-47-40)41(55)48-34(42(56)50-35(45(59)60)23-38(54)62-25-29-13-7-5-8-14-29)22-31-24-52(36-18-12-11-17-32(31)36)46(61)63-26-30-15-9-6-10-16-30/h5-18,24,27-28,33-35,37,39-40,47,53H,19-23,25-26H2,1-4H3,(H,48,55)(H,49,57)(H,50,56)(H,51,58)(H,59,60)/t33-,34+,35+,37?,39+,40-/m0/s1. The van der Waals surface area contributed by atoms with Gasteiger partial charge in [0.1, 0.15) is 43.4 Å². The van der Waals surface area contributed by atoms with Crippen molar-refractivity contribution in [3.63, 3.8) is 0 Å². The Kier molecular flexibility index (Phi) is 16.9. The molecule has 2 heterocycles. The van der Waals surface area contributed by atoms with Gasteiger partial charge in [-0.05, 0) is 54.0 Å². The number of aromatic nitrogens is 1. The van der Waals surface area contributed by atoms with Crippen LogP contribution in [0.2, 0.25) is 0 Å². The molecule has 3 aromatic carbocycles. The minimum Gasteiger partial charge on any atom is -0.480 e. The first-order chi connectivity index (χ1) is 30.1. The highest BCUT2D eigenvalue weighted by atomic mass is 16.5.